The lowest BCUT2D eigenvalue weighted by atomic mass is 10.0. The van der Waals surface area contributed by atoms with E-state index in [1.54, 1.807) is 55.4 Å². The van der Waals surface area contributed by atoms with Crippen molar-refractivity contribution in [3.05, 3.63) is 0 Å². The summed E-state index contributed by atoms with van der Waals surface area (Å²) in [4.78, 5) is 72.0. The third kappa shape index (κ3) is 33.8. The number of carbonyl (C=O) groups is 6. The van der Waals surface area contributed by atoms with Gasteiger partial charge in [0, 0.05) is 27.3 Å². The Hall–Kier alpha value is -3.70. The van der Waals surface area contributed by atoms with E-state index in [-0.39, 0.29) is 50.3 Å². The lowest BCUT2D eigenvalue weighted by Crippen LogP contribution is -2.52. The van der Waals surface area contributed by atoms with E-state index in [4.69, 9.17) is 24.1 Å². The van der Waals surface area contributed by atoms with Crippen LogP contribution in [0.15, 0.2) is 0 Å². The van der Waals surface area contributed by atoms with Gasteiger partial charge in [-0.15, -0.1) is 0 Å². The smallest absolute Gasteiger partial charge is 0.423 e. The molecule has 0 saturated carbocycles. The number of nitrogens with one attached hydrogen (secondary N) is 4. The second kappa shape index (κ2) is 31.0. The highest BCUT2D eigenvalue weighted by Gasteiger charge is 2.58. The Morgan fingerprint density at radius 3 is 1.09 bits per heavy atom. The molecule has 0 aliphatic carbocycles. The molecule has 0 aromatic carbocycles. The molecular formula is C41H69BrF12N4O12. The first-order chi connectivity index (χ1) is 30.8. The van der Waals surface area contributed by atoms with Crippen molar-refractivity contribution >= 4 is 51.5 Å². The number of aliphatic hydroxyl groups is 1. The van der Waals surface area contributed by atoms with E-state index in [1.165, 1.54) is 28.1 Å². The number of methoxy groups -OCH3 is 2. The van der Waals surface area contributed by atoms with Gasteiger partial charge in [0.2, 0.25) is 12.2 Å². The first-order valence-electron chi connectivity index (χ1n) is 20.6. The molecule has 0 radical (unpaired) electrons. The Balaban J connectivity index is -0.000000528. The van der Waals surface area contributed by atoms with E-state index in [0.29, 0.717) is 25.8 Å². The predicted octanol–water partition coefficient (Wildman–Crippen LogP) is 8.33. The van der Waals surface area contributed by atoms with Gasteiger partial charge in [0.05, 0.1) is 17.4 Å². The predicted molar refractivity (Wildman–Crippen MR) is 233 cm³/mol. The van der Waals surface area contributed by atoms with E-state index in [2.05, 4.69) is 41.9 Å². The molecular weight excluding hydrogens is 1050 g/mol. The Kier molecular flexibility index (Phi) is 32.3. The number of ether oxygens (including phenoxy) is 5. The molecule has 0 unspecified atom stereocenters. The molecule has 0 saturated heterocycles. The van der Waals surface area contributed by atoms with Crippen molar-refractivity contribution in [2.45, 2.75) is 187 Å². The van der Waals surface area contributed by atoms with Gasteiger partial charge in [-0.1, -0.05) is 23.4 Å². The lowest BCUT2D eigenvalue weighted by molar-refractivity contribution is -0.319. The van der Waals surface area contributed by atoms with Gasteiger partial charge >= 0.3 is 36.9 Å². The van der Waals surface area contributed by atoms with E-state index in [1.807, 2.05) is 0 Å². The average molecular weight is 1120 g/mol. The number of ketones is 2. The minimum absolute atomic E-state index is 0. The number of aliphatic hydroxyl groups excluding tert-OH is 1. The molecule has 70 heavy (non-hydrogen) atoms. The Morgan fingerprint density at radius 1 is 0.529 bits per heavy atom. The van der Waals surface area contributed by atoms with Gasteiger partial charge in [0.1, 0.15) is 29.0 Å². The number of hydrogen-bond acceptors (Lipinski definition) is 12. The molecule has 5 N–H and O–H groups in total. The number of amides is 4. The van der Waals surface area contributed by atoms with E-state index < -0.39 is 102 Å². The summed E-state index contributed by atoms with van der Waals surface area (Å²) in [6.07, 6.45) is -30.2. The van der Waals surface area contributed by atoms with Crippen LogP contribution >= 0.6 is 15.9 Å². The first kappa shape index (κ1) is 72.8. The van der Waals surface area contributed by atoms with Crippen LogP contribution in [-0.2, 0) is 42.9 Å². The number of carbonyl (C=O) groups excluding carboxylic acids is 6. The molecule has 0 fully saturated rings. The maximum absolute atomic E-state index is 12.6. The summed E-state index contributed by atoms with van der Waals surface area (Å²) in [7, 11) is 2.66. The standard InChI is InChI=1S/C20H32F6N2O6.C17H31BrN2O5.C3H2F6O.CH4/c1-17(2,3)34-16(31)27-10-8-7-9-12(28-15(30)18(4,5)32-6)13(29)11-33-14(19(21,22)23)20(24,25)26;1-16(2,3)25-15(23)19-10-8-7-9-12(13(21)11-18)20-14(22)17(4,5)24-6;4-2(5,6)1(10)3(7,8)9;/h12,14H,7-11H2,1-6H3,(H,27,31)(H,28,30);12H,7-11H2,1-6H3,(H,19,23)(H,20,22);1,10H;1H4/t2*12-;;/m00../s1. The fraction of sp³-hybridized carbons (Fsp3) is 0.854. The minimum Gasteiger partial charge on any atom is -0.444 e. The van der Waals surface area contributed by atoms with E-state index in [0.717, 1.165) is 0 Å². The van der Waals surface area contributed by atoms with Crippen molar-refractivity contribution in [2.24, 2.45) is 0 Å². The van der Waals surface area contributed by atoms with Gasteiger partial charge in [-0.25, -0.2) is 9.59 Å². The number of hydrogen-bond donors (Lipinski definition) is 5. The maximum atomic E-state index is 12.6. The van der Waals surface area contributed by atoms with Crippen LogP contribution < -0.4 is 21.3 Å². The number of rotatable bonds is 22. The first-order valence-corrected chi connectivity index (χ1v) is 21.7. The molecule has 0 bridgehead atoms. The maximum Gasteiger partial charge on any atom is 0.423 e. The average Bonchev–Trinajstić information content (AvgIpc) is 3.16. The molecule has 16 nitrogen and oxygen atoms in total. The van der Waals surface area contributed by atoms with Crippen molar-refractivity contribution in [1.82, 2.24) is 21.3 Å². The van der Waals surface area contributed by atoms with Gasteiger partial charge in [-0.3, -0.25) is 19.2 Å². The van der Waals surface area contributed by atoms with Crippen LogP contribution in [0.25, 0.3) is 0 Å². The number of halogens is 13. The molecule has 4 amide bonds. The number of alkyl halides is 13. The van der Waals surface area contributed by atoms with Crippen LogP contribution in [0.4, 0.5) is 62.3 Å². The third-order valence-corrected chi connectivity index (χ3v) is 8.97. The fourth-order valence-electron chi connectivity index (χ4n) is 4.35. The number of alkyl carbamates (subject to hydrolysis) is 2. The molecule has 416 valence electrons. The molecule has 2 atom stereocenters. The van der Waals surface area contributed by atoms with Crippen LogP contribution in [0.2, 0.25) is 0 Å². The summed E-state index contributed by atoms with van der Waals surface area (Å²) >= 11 is 3.14. The lowest BCUT2D eigenvalue weighted by Gasteiger charge is -2.27. The SMILES string of the molecule is C.COC(C)(C)C(=O)N[C@@H](CCCCNC(=O)OC(C)(C)C)C(=O)CBr.COC(C)(C)C(=O)N[C@@H](CCCCNC(=O)OC(C)(C)C)C(=O)COC(C(F)(F)F)C(F)(F)F.OC(C(F)(F)F)C(F)(F)F. The molecule has 0 heterocycles. The Morgan fingerprint density at radius 2 is 0.843 bits per heavy atom. The molecule has 0 aliphatic heterocycles. The molecule has 0 rings (SSSR count). The second-order valence-electron chi connectivity index (χ2n) is 17.7. The van der Waals surface area contributed by atoms with E-state index >= 15 is 0 Å². The summed E-state index contributed by atoms with van der Waals surface area (Å²) in [5.41, 5.74) is -3.66. The van der Waals surface area contributed by atoms with Crippen LogP contribution in [0, 0.1) is 0 Å². The van der Waals surface area contributed by atoms with Crippen LogP contribution in [-0.4, -0.2) is 151 Å². The largest absolute Gasteiger partial charge is 0.444 e. The van der Waals surface area contributed by atoms with Gasteiger partial charge in [0.15, 0.2) is 11.6 Å². The highest BCUT2D eigenvalue weighted by molar-refractivity contribution is 9.09. The second-order valence-corrected chi connectivity index (χ2v) is 18.2. The number of Topliss-reactive ketones (excluding diaryl/α,β-unsaturated/α-hetero) is 2. The Labute approximate surface area is 408 Å². The zero-order chi connectivity index (χ0) is 55.2. The molecule has 29 heteroatoms. The molecule has 0 aliphatic rings. The monoisotopic (exact) mass is 1120 g/mol. The quantitative estimate of drug-likeness (QED) is 0.0393. The van der Waals surface area contributed by atoms with Crippen molar-refractivity contribution in [2.75, 3.05) is 39.2 Å². The van der Waals surface area contributed by atoms with Gasteiger partial charge in [-0.05, 0) is 108 Å². The normalized spacial score (nSPS) is 13.5. The van der Waals surface area contributed by atoms with Gasteiger partial charge in [0.25, 0.3) is 11.8 Å². The fourth-order valence-corrected chi connectivity index (χ4v) is 4.74. The summed E-state index contributed by atoms with van der Waals surface area (Å²) in [5.74, 6) is -2.41. The van der Waals surface area contributed by atoms with Crippen LogP contribution in [0.5, 0.6) is 0 Å². The highest BCUT2D eigenvalue weighted by atomic mass is 79.9. The zero-order valence-electron chi connectivity index (χ0n) is 40.2. The van der Waals surface area contributed by atoms with Crippen LogP contribution in [0.1, 0.15) is 115 Å². The van der Waals surface area contributed by atoms with Gasteiger partial charge < -0.3 is 50.1 Å². The van der Waals surface area contributed by atoms with Crippen molar-refractivity contribution in [1.29, 1.82) is 0 Å². The number of unbranched alkanes of at least 4 members (excludes halogenated alkanes) is 2. The van der Waals surface area contributed by atoms with Crippen molar-refractivity contribution in [3.63, 3.8) is 0 Å². The minimum atomic E-state index is -5.78. The summed E-state index contributed by atoms with van der Waals surface area (Å²) in [6, 6.07) is -2.02. The summed E-state index contributed by atoms with van der Waals surface area (Å²) in [5, 5.41) is 17.8. The van der Waals surface area contributed by atoms with Crippen LogP contribution in [0.3, 0.4) is 0 Å². The molecule has 0 spiro atoms. The summed E-state index contributed by atoms with van der Waals surface area (Å²) in [6.45, 7) is 15.4. The zero-order valence-corrected chi connectivity index (χ0v) is 41.8. The third-order valence-electron chi connectivity index (χ3n) is 8.42. The van der Waals surface area contributed by atoms with Crippen molar-refractivity contribution < 1.29 is 110 Å². The molecule has 0 aromatic rings. The highest BCUT2D eigenvalue weighted by Crippen LogP contribution is 2.36. The van der Waals surface area contributed by atoms with E-state index in [9.17, 15) is 81.5 Å². The van der Waals surface area contributed by atoms with Gasteiger partial charge in [-0.2, -0.15) is 52.7 Å². The van der Waals surface area contributed by atoms with Crippen molar-refractivity contribution in [3.8, 4) is 0 Å². The Bertz CT molecular complexity index is 1570. The molecule has 0 aromatic heterocycles. The topological polar surface area (TPSA) is 217 Å². The summed E-state index contributed by atoms with van der Waals surface area (Å²) < 4.78 is 166.